The van der Waals surface area contributed by atoms with Gasteiger partial charge in [-0.1, -0.05) is 12.5 Å². The van der Waals surface area contributed by atoms with Crippen molar-refractivity contribution >= 4 is 28.7 Å². The Bertz CT molecular complexity index is 1000. The van der Waals surface area contributed by atoms with Crippen molar-refractivity contribution in [2.24, 2.45) is 0 Å². The van der Waals surface area contributed by atoms with Crippen LogP contribution in [0.3, 0.4) is 0 Å². The van der Waals surface area contributed by atoms with Crippen LogP contribution in [0.15, 0.2) is 47.1 Å². The number of hydrogen-bond donors (Lipinski definition) is 2. The van der Waals surface area contributed by atoms with Crippen LogP contribution in [0, 0.1) is 0 Å². The van der Waals surface area contributed by atoms with Crippen molar-refractivity contribution in [2.75, 3.05) is 12.4 Å². The van der Waals surface area contributed by atoms with E-state index in [-0.39, 0.29) is 11.9 Å². The molecule has 5 rings (SSSR count). The molecule has 0 saturated carbocycles. The van der Waals surface area contributed by atoms with Gasteiger partial charge < -0.3 is 20.0 Å². The number of nitrogens with zero attached hydrogens (tertiary/aromatic N) is 3. The van der Waals surface area contributed by atoms with Gasteiger partial charge in [-0.15, -0.1) is 0 Å². The molecule has 7 heteroatoms. The van der Waals surface area contributed by atoms with E-state index in [4.69, 9.17) is 4.42 Å². The van der Waals surface area contributed by atoms with E-state index in [0.29, 0.717) is 34.8 Å². The fraction of sp³-hybridized carbons (Fsp3) is 0.409. The number of oxazole rings is 1. The monoisotopic (exact) mass is 391 g/mol. The fourth-order valence-electron chi connectivity index (χ4n) is 4.74. The molecule has 4 heterocycles. The summed E-state index contributed by atoms with van der Waals surface area (Å²) in [5.74, 6) is -0.0769. The maximum Gasteiger partial charge on any atom is 0.300 e. The molecule has 29 heavy (non-hydrogen) atoms. The van der Waals surface area contributed by atoms with Gasteiger partial charge in [0.15, 0.2) is 5.58 Å². The topological polar surface area (TPSA) is 83.3 Å². The minimum Gasteiger partial charge on any atom is -0.423 e. The predicted molar refractivity (Wildman–Crippen MR) is 111 cm³/mol. The van der Waals surface area contributed by atoms with Crippen LogP contribution in [0.5, 0.6) is 0 Å². The second kappa shape index (κ2) is 7.48. The van der Waals surface area contributed by atoms with Crippen LogP contribution in [0.25, 0.3) is 11.1 Å². The van der Waals surface area contributed by atoms with Gasteiger partial charge in [-0.3, -0.25) is 9.78 Å². The van der Waals surface area contributed by atoms with E-state index in [1.165, 1.54) is 19.3 Å². The molecule has 2 bridgehead atoms. The first kappa shape index (κ1) is 18.1. The summed E-state index contributed by atoms with van der Waals surface area (Å²) in [4.78, 5) is 24.1. The first-order valence-electron chi connectivity index (χ1n) is 10.3. The molecular weight excluding hydrogens is 366 g/mol. The van der Waals surface area contributed by atoms with Crippen molar-refractivity contribution in [3.63, 3.8) is 0 Å². The number of nitrogens with one attached hydrogen (secondary N) is 2. The normalized spacial score (nSPS) is 24.4. The van der Waals surface area contributed by atoms with Gasteiger partial charge >= 0.3 is 0 Å². The molecule has 7 nitrogen and oxygen atoms in total. The number of pyridine rings is 1. The molecule has 2 atom stereocenters. The Kier molecular flexibility index (Phi) is 4.67. The molecule has 2 unspecified atom stereocenters. The summed E-state index contributed by atoms with van der Waals surface area (Å²) >= 11 is 0. The first-order chi connectivity index (χ1) is 14.2. The van der Waals surface area contributed by atoms with Gasteiger partial charge in [-0.25, -0.2) is 0 Å². The van der Waals surface area contributed by atoms with Crippen molar-refractivity contribution in [2.45, 2.75) is 50.2 Å². The Morgan fingerprint density at radius 1 is 1.14 bits per heavy atom. The largest absolute Gasteiger partial charge is 0.423 e. The molecule has 2 N–H and O–H groups in total. The number of aromatic nitrogens is 2. The second-order valence-electron chi connectivity index (χ2n) is 8.08. The first-order valence-corrected chi connectivity index (χ1v) is 10.3. The summed E-state index contributed by atoms with van der Waals surface area (Å²) in [6.07, 6.45) is 9.17. The molecule has 2 saturated heterocycles. The number of hydrogen-bond acceptors (Lipinski definition) is 6. The lowest BCUT2D eigenvalue weighted by Gasteiger charge is -2.47. The zero-order valence-electron chi connectivity index (χ0n) is 16.5. The number of para-hydroxylation sites is 1. The quantitative estimate of drug-likeness (QED) is 0.705. The standard InChI is InChI=1S/C22H25N5O2/c1-27-16-4-2-5-17(27)13-15(12-16)24-21(28)18-6-3-7-19-20(18)26-22(29-19)25-14-8-10-23-11-9-14/h3,6-11,15-17H,2,4-5,12-13H2,1H3,(H,24,28)(H,23,25,26). The van der Waals surface area contributed by atoms with Crippen molar-refractivity contribution in [1.29, 1.82) is 0 Å². The van der Waals surface area contributed by atoms with E-state index in [1.807, 2.05) is 30.3 Å². The number of fused-ring (bicyclic) bond motifs is 3. The lowest BCUT2D eigenvalue weighted by molar-refractivity contribution is 0.0463. The van der Waals surface area contributed by atoms with Crippen LogP contribution in [0.1, 0.15) is 42.5 Å². The minimum atomic E-state index is -0.0769. The summed E-state index contributed by atoms with van der Waals surface area (Å²) in [6, 6.07) is 10.9. The van der Waals surface area contributed by atoms with Gasteiger partial charge in [-0.05, 0) is 57.0 Å². The van der Waals surface area contributed by atoms with Gasteiger partial charge in [0.05, 0.1) is 5.56 Å². The summed E-state index contributed by atoms with van der Waals surface area (Å²) < 4.78 is 5.80. The molecule has 2 aliphatic heterocycles. The van der Waals surface area contributed by atoms with Gasteiger partial charge in [0.25, 0.3) is 11.9 Å². The van der Waals surface area contributed by atoms with E-state index >= 15 is 0 Å². The highest BCUT2D eigenvalue weighted by atomic mass is 16.4. The van der Waals surface area contributed by atoms with Gasteiger partial charge in [-0.2, -0.15) is 4.98 Å². The number of anilines is 2. The van der Waals surface area contributed by atoms with E-state index in [2.05, 4.69) is 32.5 Å². The molecular formula is C22H25N5O2. The smallest absolute Gasteiger partial charge is 0.300 e. The highest BCUT2D eigenvalue weighted by molar-refractivity contribution is 6.04. The van der Waals surface area contributed by atoms with Crippen LogP contribution in [0.4, 0.5) is 11.7 Å². The molecule has 1 amide bonds. The Morgan fingerprint density at radius 3 is 2.66 bits per heavy atom. The number of piperidine rings is 2. The number of benzene rings is 1. The lowest BCUT2D eigenvalue weighted by atomic mass is 9.82. The van der Waals surface area contributed by atoms with Crippen LogP contribution < -0.4 is 10.6 Å². The zero-order chi connectivity index (χ0) is 19.8. The molecule has 0 aliphatic carbocycles. The van der Waals surface area contributed by atoms with E-state index < -0.39 is 0 Å². The summed E-state index contributed by atoms with van der Waals surface area (Å²) in [5.41, 5.74) is 2.55. The summed E-state index contributed by atoms with van der Waals surface area (Å²) in [6.45, 7) is 0. The Balaban J connectivity index is 1.35. The van der Waals surface area contributed by atoms with Crippen molar-refractivity contribution in [1.82, 2.24) is 20.2 Å². The van der Waals surface area contributed by atoms with E-state index in [1.54, 1.807) is 12.4 Å². The van der Waals surface area contributed by atoms with E-state index in [0.717, 1.165) is 18.5 Å². The number of carbonyl (C=O) groups is 1. The van der Waals surface area contributed by atoms with Gasteiger partial charge in [0.2, 0.25) is 0 Å². The highest BCUT2D eigenvalue weighted by Crippen LogP contribution is 2.33. The molecule has 150 valence electrons. The highest BCUT2D eigenvalue weighted by Gasteiger charge is 2.36. The third-order valence-corrected chi connectivity index (χ3v) is 6.27. The lowest BCUT2D eigenvalue weighted by Crippen LogP contribution is -2.55. The van der Waals surface area contributed by atoms with Crippen LogP contribution in [0.2, 0.25) is 0 Å². The minimum absolute atomic E-state index is 0.0769. The van der Waals surface area contributed by atoms with Crippen LogP contribution in [-0.2, 0) is 0 Å². The van der Waals surface area contributed by atoms with Gasteiger partial charge in [0.1, 0.15) is 5.52 Å². The third-order valence-electron chi connectivity index (χ3n) is 6.27. The predicted octanol–water partition coefficient (Wildman–Crippen LogP) is 3.71. The maximum atomic E-state index is 13.1. The molecule has 2 fully saturated rings. The second-order valence-corrected chi connectivity index (χ2v) is 8.08. The average Bonchev–Trinajstić information content (AvgIpc) is 3.12. The van der Waals surface area contributed by atoms with Crippen molar-refractivity contribution in [3.8, 4) is 0 Å². The van der Waals surface area contributed by atoms with Crippen molar-refractivity contribution in [3.05, 3.63) is 48.3 Å². The summed E-state index contributed by atoms with van der Waals surface area (Å²) in [5, 5.41) is 6.38. The van der Waals surface area contributed by atoms with Crippen molar-refractivity contribution < 1.29 is 9.21 Å². The van der Waals surface area contributed by atoms with Crippen LogP contribution in [-0.4, -0.2) is 45.9 Å². The number of amides is 1. The van der Waals surface area contributed by atoms with Gasteiger partial charge in [0, 0.05) is 36.2 Å². The van der Waals surface area contributed by atoms with E-state index in [9.17, 15) is 4.79 Å². The van der Waals surface area contributed by atoms with Crippen LogP contribution >= 0.6 is 0 Å². The molecule has 2 aromatic heterocycles. The molecule has 0 spiro atoms. The summed E-state index contributed by atoms with van der Waals surface area (Å²) in [7, 11) is 2.22. The maximum absolute atomic E-state index is 13.1. The Morgan fingerprint density at radius 2 is 1.90 bits per heavy atom. The number of rotatable bonds is 4. The average molecular weight is 391 g/mol. The molecule has 1 aromatic carbocycles. The Labute approximate surface area is 169 Å². The molecule has 0 radical (unpaired) electrons. The Hall–Kier alpha value is -2.93. The third kappa shape index (κ3) is 3.58. The fourth-order valence-corrected chi connectivity index (χ4v) is 4.74. The SMILES string of the molecule is CN1C2CCCC1CC(NC(=O)c1cccc3oc(Nc4ccncc4)nc13)C2. The molecule has 3 aromatic rings. The zero-order valence-corrected chi connectivity index (χ0v) is 16.5. The molecule has 2 aliphatic rings. The number of carbonyl (C=O) groups excluding carboxylic acids is 1.